The highest BCUT2D eigenvalue weighted by Crippen LogP contribution is 2.14. The summed E-state index contributed by atoms with van der Waals surface area (Å²) in [4.78, 5) is 13.0. The Hall–Kier alpha value is -1.55. The second-order valence-corrected chi connectivity index (χ2v) is 5.43. The van der Waals surface area contributed by atoms with Gasteiger partial charge in [0, 0.05) is 17.7 Å². The normalized spacial score (nSPS) is 10.6. The minimum atomic E-state index is -0.899. The zero-order chi connectivity index (χ0) is 13.7. The van der Waals surface area contributed by atoms with Gasteiger partial charge >= 0.3 is 0 Å². The van der Waals surface area contributed by atoms with Crippen molar-refractivity contribution in [3.63, 3.8) is 0 Å². The first-order chi connectivity index (χ1) is 9.15. The molecule has 0 aliphatic rings. The number of hydrogen-bond donors (Lipinski definition) is 0. The third kappa shape index (κ3) is 4.24. The van der Waals surface area contributed by atoms with Crippen LogP contribution in [0.25, 0.3) is 0 Å². The van der Waals surface area contributed by atoms with Crippen LogP contribution in [0.5, 0.6) is 0 Å². The monoisotopic (exact) mass is 280 g/mol. The molecule has 0 saturated carbocycles. The lowest BCUT2D eigenvalue weighted by molar-refractivity contribution is -0.118. The molecule has 0 spiro atoms. The second-order valence-electron chi connectivity index (χ2n) is 4.40. The minimum absolute atomic E-state index is 0.0579. The van der Waals surface area contributed by atoms with Gasteiger partial charge in [0.2, 0.25) is 0 Å². The lowest BCUT2D eigenvalue weighted by Crippen LogP contribution is -2.03. The van der Waals surface area contributed by atoms with Gasteiger partial charge < -0.3 is 0 Å². The van der Waals surface area contributed by atoms with Gasteiger partial charge in [-0.3, -0.25) is 4.79 Å². The number of carbonyl (C=O) groups is 1. The molecule has 0 radical (unpaired) electrons. The van der Waals surface area contributed by atoms with E-state index >= 15 is 0 Å². The first-order valence-corrected chi connectivity index (χ1v) is 7.01. The average molecular weight is 280 g/mol. The molecule has 1 aromatic heterocycles. The number of carbonyl (C=O) groups excluding carboxylic acids is 1. The van der Waals surface area contributed by atoms with Gasteiger partial charge in [-0.15, -0.1) is 11.3 Å². The topological polar surface area (TPSA) is 17.1 Å². The van der Waals surface area contributed by atoms with Crippen molar-refractivity contribution in [3.8, 4) is 0 Å². The smallest absolute Gasteiger partial charge is 0.159 e. The molecule has 0 fully saturated rings. The first-order valence-electron chi connectivity index (χ1n) is 6.13. The van der Waals surface area contributed by atoms with Crippen molar-refractivity contribution in [2.75, 3.05) is 0 Å². The molecule has 0 N–H and O–H groups in total. The average Bonchev–Trinajstić information content (AvgIpc) is 2.87. The number of ketones is 1. The second kappa shape index (κ2) is 6.57. The molecule has 4 heteroatoms. The quantitative estimate of drug-likeness (QED) is 0.776. The summed E-state index contributed by atoms with van der Waals surface area (Å²) in [6, 6.07) is 7.64. The Morgan fingerprint density at radius 3 is 2.68 bits per heavy atom. The lowest BCUT2D eigenvalue weighted by atomic mass is 10.0. The van der Waals surface area contributed by atoms with Crippen LogP contribution >= 0.6 is 11.3 Å². The Morgan fingerprint density at radius 2 is 2.00 bits per heavy atom. The Balaban J connectivity index is 1.79. The molecule has 2 aromatic rings. The Labute approximate surface area is 114 Å². The van der Waals surface area contributed by atoms with Crippen LogP contribution in [0.15, 0.2) is 35.7 Å². The SMILES string of the molecule is O=C(CCCc1cccs1)Cc1ccc(F)c(F)c1. The van der Waals surface area contributed by atoms with Crippen LogP contribution in [-0.4, -0.2) is 5.78 Å². The molecule has 1 heterocycles. The maximum atomic E-state index is 13.0. The number of benzene rings is 1. The van der Waals surface area contributed by atoms with Crippen molar-refractivity contribution >= 4 is 17.1 Å². The molecular formula is C15H14F2OS. The van der Waals surface area contributed by atoms with Gasteiger partial charge in [0.25, 0.3) is 0 Å². The molecule has 0 saturated heterocycles. The molecule has 2 rings (SSSR count). The van der Waals surface area contributed by atoms with Crippen LogP contribution in [0.2, 0.25) is 0 Å². The standard InChI is InChI=1S/C15H14F2OS/c16-14-7-6-11(10-15(14)17)9-12(18)3-1-4-13-5-2-8-19-13/h2,5-8,10H,1,3-4,9H2. The highest BCUT2D eigenvalue weighted by Gasteiger charge is 2.07. The Bertz CT molecular complexity index is 549. The lowest BCUT2D eigenvalue weighted by Gasteiger charge is -2.02. The highest BCUT2D eigenvalue weighted by atomic mass is 32.1. The van der Waals surface area contributed by atoms with Gasteiger partial charge in [-0.2, -0.15) is 0 Å². The van der Waals surface area contributed by atoms with Crippen LogP contribution in [0, 0.1) is 11.6 Å². The van der Waals surface area contributed by atoms with E-state index in [2.05, 4.69) is 0 Å². The highest BCUT2D eigenvalue weighted by molar-refractivity contribution is 7.09. The summed E-state index contributed by atoms with van der Waals surface area (Å²) in [5.41, 5.74) is 0.528. The number of halogens is 2. The van der Waals surface area contributed by atoms with Gasteiger partial charge in [-0.1, -0.05) is 12.1 Å². The number of Topliss-reactive ketones (excluding diaryl/α,β-unsaturated/α-hetero) is 1. The largest absolute Gasteiger partial charge is 0.299 e. The summed E-state index contributed by atoms with van der Waals surface area (Å²) in [6.07, 6.45) is 2.32. The van der Waals surface area contributed by atoms with E-state index in [1.807, 2.05) is 17.5 Å². The summed E-state index contributed by atoms with van der Waals surface area (Å²) >= 11 is 1.68. The maximum Gasteiger partial charge on any atom is 0.159 e. The van der Waals surface area contributed by atoms with Crippen molar-refractivity contribution in [3.05, 3.63) is 57.8 Å². The van der Waals surface area contributed by atoms with Crippen LogP contribution in [0.3, 0.4) is 0 Å². The van der Waals surface area contributed by atoms with Crippen LogP contribution in [0.4, 0.5) is 8.78 Å². The van der Waals surface area contributed by atoms with E-state index in [0.717, 1.165) is 25.0 Å². The fraction of sp³-hybridized carbons (Fsp3) is 0.267. The molecule has 1 nitrogen and oxygen atoms in total. The number of aryl methyl sites for hydroxylation is 1. The number of thiophene rings is 1. The fourth-order valence-corrected chi connectivity index (χ4v) is 2.63. The molecule has 1 aromatic carbocycles. The molecule has 0 unspecified atom stereocenters. The van der Waals surface area contributed by atoms with Crippen LogP contribution in [-0.2, 0) is 17.6 Å². The molecule has 100 valence electrons. The van der Waals surface area contributed by atoms with E-state index in [1.54, 1.807) is 11.3 Å². The predicted molar refractivity (Wildman–Crippen MR) is 72.3 cm³/mol. The van der Waals surface area contributed by atoms with Crippen molar-refractivity contribution in [2.45, 2.75) is 25.7 Å². The fourth-order valence-electron chi connectivity index (χ4n) is 1.88. The van der Waals surface area contributed by atoms with Gasteiger partial charge in [0.05, 0.1) is 0 Å². The Kier molecular flexibility index (Phi) is 4.80. The van der Waals surface area contributed by atoms with E-state index in [1.165, 1.54) is 10.9 Å². The van der Waals surface area contributed by atoms with Crippen molar-refractivity contribution in [1.82, 2.24) is 0 Å². The minimum Gasteiger partial charge on any atom is -0.299 e. The van der Waals surface area contributed by atoms with Crippen LogP contribution < -0.4 is 0 Å². The summed E-state index contributed by atoms with van der Waals surface area (Å²) in [6.45, 7) is 0. The molecule has 0 aliphatic carbocycles. The van der Waals surface area contributed by atoms with Crippen LogP contribution in [0.1, 0.15) is 23.3 Å². The summed E-state index contributed by atoms with van der Waals surface area (Å²) in [5, 5.41) is 2.01. The van der Waals surface area contributed by atoms with Gasteiger partial charge in [0.15, 0.2) is 11.6 Å². The van der Waals surface area contributed by atoms with E-state index < -0.39 is 11.6 Å². The molecule has 0 atom stereocenters. The number of rotatable bonds is 6. The van der Waals surface area contributed by atoms with Crippen molar-refractivity contribution < 1.29 is 13.6 Å². The van der Waals surface area contributed by atoms with Gasteiger partial charge in [-0.25, -0.2) is 8.78 Å². The Morgan fingerprint density at radius 1 is 1.16 bits per heavy atom. The van der Waals surface area contributed by atoms with Crippen molar-refractivity contribution in [1.29, 1.82) is 0 Å². The van der Waals surface area contributed by atoms with Gasteiger partial charge in [0.1, 0.15) is 5.78 Å². The molecule has 19 heavy (non-hydrogen) atoms. The van der Waals surface area contributed by atoms with E-state index in [-0.39, 0.29) is 12.2 Å². The first kappa shape index (κ1) is 13.9. The maximum absolute atomic E-state index is 13.0. The summed E-state index contributed by atoms with van der Waals surface area (Å²) in [5.74, 6) is -1.72. The molecular weight excluding hydrogens is 266 g/mol. The predicted octanol–water partition coefficient (Wildman–Crippen LogP) is 4.16. The molecule has 0 bridgehead atoms. The molecule has 0 amide bonds. The molecule has 0 aliphatic heterocycles. The zero-order valence-corrected chi connectivity index (χ0v) is 11.2. The summed E-state index contributed by atoms with van der Waals surface area (Å²) < 4.78 is 25.7. The van der Waals surface area contributed by atoms with E-state index in [9.17, 15) is 13.6 Å². The number of hydrogen-bond acceptors (Lipinski definition) is 2. The van der Waals surface area contributed by atoms with Crippen molar-refractivity contribution in [2.24, 2.45) is 0 Å². The summed E-state index contributed by atoms with van der Waals surface area (Å²) in [7, 11) is 0. The van der Waals surface area contributed by atoms with E-state index in [0.29, 0.717) is 12.0 Å². The van der Waals surface area contributed by atoms with E-state index in [4.69, 9.17) is 0 Å². The van der Waals surface area contributed by atoms with Gasteiger partial charge in [-0.05, 0) is 42.0 Å². The third-order valence-corrected chi connectivity index (χ3v) is 3.78. The third-order valence-electron chi connectivity index (χ3n) is 2.84. The zero-order valence-electron chi connectivity index (χ0n) is 10.4.